The number of nitrogens with one attached hydrogen (secondary N) is 1. The number of para-hydroxylation sites is 4. The van der Waals surface area contributed by atoms with E-state index in [1.54, 1.807) is 7.11 Å². The van der Waals surface area contributed by atoms with Crippen LogP contribution in [0.25, 0.3) is 0 Å². The number of hydrogen-bond acceptors (Lipinski definition) is 5. The predicted molar refractivity (Wildman–Crippen MR) is 110 cm³/mol. The van der Waals surface area contributed by atoms with Crippen molar-refractivity contribution >= 4 is 17.2 Å². The van der Waals surface area contributed by atoms with Crippen molar-refractivity contribution in [2.24, 2.45) is 4.99 Å². The maximum atomic E-state index is 5.74. The van der Waals surface area contributed by atoms with Gasteiger partial charge in [0.1, 0.15) is 23.9 Å². The van der Waals surface area contributed by atoms with Gasteiger partial charge in [-0.05, 0) is 24.3 Å². The quantitative estimate of drug-likeness (QED) is 0.882. The molecule has 2 aliphatic heterocycles. The second-order valence-corrected chi connectivity index (χ2v) is 6.74. The molecule has 0 saturated carbocycles. The van der Waals surface area contributed by atoms with Gasteiger partial charge in [-0.2, -0.15) is 0 Å². The Labute approximate surface area is 160 Å². The van der Waals surface area contributed by atoms with Crippen LogP contribution >= 0.6 is 0 Å². The van der Waals surface area contributed by atoms with Gasteiger partial charge in [-0.25, -0.2) is 0 Å². The summed E-state index contributed by atoms with van der Waals surface area (Å²) in [5, 5.41) is 3.36. The molecule has 0 bridgehead atoms. The fraction of sp³-hybridized carbons (Fsp3) is 0.381. The van der Waals surface area contributed by atoms with E-state index in [0.29, 0.717) is 6.61 Å². The van der Waals surface area contributed by atoms with Gasteiger partial charge in [0, 0.05) is 32.7 Å². The van der Waals surface area contributed by atoms with Gasteiger partial charge in [0.15, 0.2) is 0 Å². The van der Waals surface area contributed by atoms with Gasteiger partial charge >= 0.3 is 0 Å². The second-order valence-electron chi connectivity index (χ2n) is 6.74. The molecule has 4 rings (SSSR count). The van der Waals surface area contributed by atoms with E-state index in [1.807, 2.05) is 36.4 Å². The van der Waals surface area contributed by atoms with Crippen LogP contribution in [0.3, 0.4) is 0 Å². The van der Waals surface area contributed by atoms with Gasteiger partial charge in [-0.15, -0.1) is 0 Å². The number of piperazine rings is 1. The first-order valence-electron chi connectivity index (χ1n) is 9.46. The number of rotatable bonds is 5. The highest BCUT2D eigenvalue weighted by atomic mass is 16.5. The number of amidine groups is 1. The number of hydrogen-bond donors (Lipinski definition) is 1. The molecular weight excluding hydrogens is 340 g/mol. The SMILES string of the molecule is COc1ccccc1N1CCN(CCN=C2COc3ccccc3N2)CC1. The lowest BCUT2D eigenvalue weighted by Gasteiger charge is -2.36. The number of methoxy groups -OCH3 is 1. The van der Waals surface area contributed by atoms with Crippen LogP contribution in [0.15, 0.2) is 53.5 Å². The van der Waals surface area contributed by atoms with Crippen LogP contribution in [0.2, 0.25) is 0 Å². The highest BCUT2D eigenvalue weighted by Crippen LogP contribution is 2.28. The van der Waals surface area contributed by atoms with Crippen molar-refractivity contribution in [3.8, 4) is 11.5 Å². The van der Waals surface area contributed by atoms with E-state index < -0.39 is 0 Å². The summed E-state index contributed by atoms with van der Waals surface area (Å²) in [5.41, 5.74) is 2.18. The molecule has 0 atom stereocenters. The molecule has 0 amide bonds. The van der Waals surface area contributed by atoms with Gasteiger partial charge in [-0.3, -0.25) is 9.89 Å². The van der Waals surface area contributed by atoms with Crippen molar-refractivity contribution in [1.29, 1.82) is 0 Å². The van der Waals surface area contributed by atoms with Crippen molar-refractivity contribution in [1.82, 2.24) is 4.90 Å². The number of aliphatic imine (C=N–C) groups is 1. The molecule has 6 nitrogen and oxygen atoms in total. The Hall–Kier alpha value is -2.73. The molecule has 1 fully saturated rings. The Morgan fingerprint density at radius 3 is 2.67 bits per heavy atom. The standard InChI is InChI=1S/C21H26N4O2/c1-26-20-9-5-3-7-18(20)25-14-12-24(13-15-25)11-10-22-21-16-27-19-8-4-2-6-17(19)23-21/h2-9H,10-16H2,1H3,(H,22,23). The summed E-state index contributed by atoms with van der Waals surface area (Å²) in [6.45, 7) is 6.34. The first-order valence-corrected chi connectivity index (χ1v) is 9.46. The number of anilines is 2. The Morgan fingerprint density at radius 1 is 1.04 bits per heavy atom. The highest BCUT2D eigenvalue weighted by molar-refractivity contribution is 5.99. The molecule has 0 aliphatic carbocycles. The van der Waals surface area contributed by atoms with Gasteiger partial charge in [0.25, 0.3) is 0 Å². The molecule has 2 aromatic rings. The van der Waals surface area contributed by atoms with E-state index in [-0.39, 0.29) is 0 Å². The highest BCUT2D eigenvalue weighted by Gasteiger charge is 2.19. The van der Waals surface area contributed by atoms with Crippen LogP contribution < -0.4 is 19.7 Å². The predicted octanol–water partition coefficient (Wildman–Crippen LogP) is 2.72. The maximum Gasteiger partial charge on any atom is 0.146 e. The topological polar surface area (TPSA) is 49.3 Å². The average molecular weight is 366 g/mol. The molecule has 0 aromatic heterocycles. The minimum absolute atomic E-state index is 0.512. The molecule has 142 valence electrons. The number of fused-ring (bicyclic) bond motifs is 1. The summed E-state index contributed by atoms with van der Waals surface area (Å²) < 4.78 is 11.2. The molecule has 2 heterocycles. The Kier molecular flexibility index (Phi) is 5.44. The summed E-state index contributed by atoms with van der Waals surface area (Å²) >= 11 is 0. The van der Waals surface area contributed by atoms with E-state index in [0.717, 1.165) is 62.3 Å². The lowest BCUT2D eigenvalue weighted by molar-refractivity contribution is 0.264. The van der Waals surface area contributed by atoms with E-state index in [1.165, 1.54) is 5.69 Å². The van der Waals surface area contributed by atoms with Crippen molar-refractivity contribution in [3.63, 3.8) is 0 Å². The summed E-state index contributed by atoms with van der Waals surface area (Å²) in [6.07, 6.45) is 0. The van der Waals surface area contributed by atoms with Gasteiger partial charge in [0.2, 0.25) is 0 Å². The lowest BCUT2D eigenvalue weighted by Crippen LogP contribution is -2.47. The van der Waals surface area contributed by atoms with E-state index in [9.17, 15) is 0 Å². The molecule has 1 N–H and O–H groups in total. The third-order valence-electron chi connectivity index (χ3n) is 5.05. The third-order valence-corrected chi connectivity index (χ3v) is 5.05. The van der Waals surface area contributed by atoms with Crippen LogP contribution in [0.1, 0.15) is 0 Å². The van der Waals surface area contributed by atoms with Gasteiger partial charge in [-0.1, -0.05) is 24.3 Å². The van der Waals surface area contributed by atoms with Crippen molar-refractivity contribution in [2.45, 2.75) is 0 Å². The zero-order valence-corrected chi connectivity index (χ0v) is 15.7. The third kappa shape index (κ3) is 4.17. The van der Waals surface area contributed by atoms with Crippen LogP contribution in [0.4, 0.5) is 11.4 Å². The van der Waals surface area contributed by atoms with E-state index >= 15 is 0 Å². The molecule has 0 spiro atoms. The first kappa shape index (κ1) is 17.7. The molecule has 6 heteroatoms. The number of benzene rings is 2. The summed E-state index contributed by atoms with van der Waals surface area (Å²) in [4.78, 5) is 9.55. The first-order chi connectivity index (χ1) is 13.3. The number of nitrogens with zero attached hydrogens (tertiary/aromatic N) is 3. The van der Waals surface area contributed by atoms with E-state index in [2.05, 4.69) is 32.2 Å². The van der Waals surface area contributed by atoms with Crippen molar-refractivity contribution in [3.05, 3.63) is 48.5 Å². The monoisotopic (exact) mass is 366 g/mol. The fourth-order valence-corrected chi connectivity index (χ4v) is 3.55. The maximum absolute atomic E-state index is 5.74. The van der Waals surface area contributed by atoms with Crippen LogP contribution in [0, 0.1) is 0 Å². The summed E-state index contributed by atoms with van der Waals surface area (Å²) in [5.74, 6) is 2.74. The lowest BCUT2D eigenvalue weighted by atomic mass is 10.2. The minimum atomic E-state index is 0.512. The smallest absolute Gasteiger partial charge is 0.146 e. The summed E-state index contributed by atoms with van der Waals surface area (Å²) in [7, 11) is 1.73. The fourth-order valence-electron chi connectivity index (χ4n) is 3.55. The Morgan fingerprint density at radius 2 is 1.81 bits per heavy atom. The molecular formula is C21H26N4O2. The van der Waals surface area contributed by atoms with Crippen molar-refractivity contribution < 1.29 is 9.47 Å². The van der Waals surface area contributed by atoms with Crippen LogP contribution in [0.5, 0.6) is 11.5 Å². The number of ether oxygens (including phenoxy) is 2. The van der Waals surface area contributed by atoms with Crippen LogP contribution in [-0.2, 0) is 0 Å². The zero-order chi connectivity index (χ0) is 18.5. The molecule has 2 aliphatic rings. The molecule has 27 heavy (non-hydrogen) atoms. The molecule has 1 saturated heterocycles. The molecule has 0 unspecified atom stereocenters. The normalized spacial score (nSPS) is 18.6. The van der Waals surface area contributed by atoms with Crippen LogP contribution in [-0.4, -0.2) is 63.7 Å². The second kappa shape index (κ2) is 8.31. The molecule has 0 radical (unpaired) electrons. The Bertz CT molecular complexity index is 800. The van der Waals surface area contributed by atoms with Crippen molar-refractivity contribution in [2.75, 3.05) is 63.2 Å². The zero-order valence-electron chi connectivity index (χ0n) is 15.7. The van der Waals surface area contributed by atoms with E-state index in [4.69, 9.17) is 9.47 Å². The summed E-state index contributed by atoms with van der Waals surface area (Å²) in [6, 6.07) is 16.2. The average Bonchev–Trinajstić information content (AvgIpc) is 2.74. The van der Waals surface area contributed by atoms with Gasteiger partial charge < -0.3 is 19.7 Å². The van der Waals surface area contributed by atoms with Gasteiger partial charge in [0.05, 0.1) is 25.0 Å². The Balaban J connectivity index is 1.26. The molecule has 2 aromatic carbocycles. The largest absolute Gasteiger partial charge is 0.495 e. The minimum Gasteiger partial charge on any atom is -0.495 e.